The third-order valence-electron chi connectivity index (χ3n) is 5.03. The van der Waals surface area contributed by atoms with E-state index in [1.165, 1.54) is 37.7 Å². The molecule has 1 saturated carbocycles. The monoisotopic (exact) mass is 307 g/mol. The quantitative estimate of drug-likeness (QED) is 0.677. The van der Waals surface area contributed by atoms with Crippen molar-refractivity contribution < 1.29 is 0 Å². The molecule has 1 aromatic carbocycles. The summed E-state index contributed by atoms with van der Waals surface area (Å²) >= 11 is 6.10. The van der Waals surface area contributed by atoms with Gasteiger partial charge in [-0.3, -0.25) is 0 Å². The highest BCUT2D eigenvalue weighted by atomic mass is 35.5. The molecular weight excluding hydrogens is 278 g/mol. The summed E-state index contributed by atoms with van der Waals surface area (Å²) in [6, 6.07) is 9.24. The number of halogens is 1. The highest BCUT2D eigenvalue weighted by Crippen LogP contribution is 2.37. The number of hydrogen-bond acceptors (Lipinski definition) is 1. The molecule has 3 atom stereocenters. The average Bonchev–Trinajstić information content (AvgIpc) is 2.64. The van der Waals surface area contributed by atoms with Gasteiger partial charge in [0.05, 0.1) is 0 Å². The Bertz CT molecular complexity index is 449. The van der Waals surface area contributed by atoms with Crippen LogP contribution in [0.15, 0.2) is 24.3 Å². The molecule has 2 rings (SSSR count). The zero-order valence-corrected chi connectivity index (χ0v) is 14.7. The van der Waals surface area contributed by atoms with Crippen molar-refractivity contribution in [1.29, 1.82) is 0 Å². The van der Waals surface area contributed by atoms with Gasteiger partial charge in [0.1, 0.15) is 0 Å². The van der Waals surface area contributed by atoms with Crippen molar-refractivity contribution in [2.24, 2.45) is 11.3 Å². The molecule has 0 saturated heterocycles. The zero-order valence-electron chi connectivity index (χ0n) is 14.0. The molecule has 0 bridgehead atoms. The lowest BCUT2D eigenvalue weighted by Crippen LogP contribution is -2.31. The van der Waals surface area contributed by atoms with Gasteiger partial charge in [0.15, 0.2) is 0 Å². The Kier molecular flexibility index (Phi) is 5.73. The summed E-state index contributed by atoms with van der Waals surface area (Å²) in [7, 11) is 0. The summed E-state index contributed by atoms with van der Waals surface area (Å²) in [4.78, 5) is 0. The molecule has 21 heavy (non-hydrogen) atoms. The lowest BCUT2D eigenvalue weighted by molar-refractivity contribution is 0.213. The van der Waals surface area contributed by atoms with Crippen LogP contribution in [-0.4, -0.2) is 6.04 Å². The van der Waals surface area contributed by atoms with Crippen LogP contribution >= 0.6 is 11.6 Å². The summed E-state index contributed by atoms with van der Waals surface area (Å²) < 4.78 is 0. The minimum atomic E-state index is 0.375. The van der Waals surface area contributed by atoms with Gasteiger partial charge in [-0.25, -0.2) is 0 Å². The zero-order chi connectivity index (χ0) is 15.5. The van der Waals surface area contributed by atoms with Crippen LogP contribution in [0.25, 0.3) is 0 Å². The standard InChI is InChI=1S/C19H30ClN/c1-14(15-7-5-9-17(20)13-15)21-18-10-6-8-16(11-12-18)19(2,3)4/h5,7,9,13-14,16,18,21H,6,8,10-12H2,1-4H3. The lowest BCUT2D eigenvalue weighted by Gasteiger charge is -2.30. The number of hydrogen-bond donors (Lipinski definition) is 1. The first-order chi connectivity index (χ1) is 9.86. The van der Waals surface area contributed by atoms with E-state index in [-0.39, 0.29) is 0 Å². The fourth-order valence-corrected chi connectivity index (χ4v) is 3.76. The van der Waals surface area contributed by atoms with E-state index in [4.69, 9.17) is 11.6 Å². The minimum Gasteiger partial charge on any atom is -0.307 e. The predicted molar refractivity (Wildman–Crippen MR) is 92.8 cm³/mol. The number of nitrogens with one attached hydrogen (secondary N) is 1. The Balaban J connectivity index is 1.91. The normalized spacial score (nSPS) is 25.4. The lowest BCUT2D eigenvalue weighted by atomic mass is 9.76. The summed E-state index contributed by atoms with van der Waals surface area (Å²) in [6.45, 7) is 9.41. The third-order valence-corrected chi connectivity index (χ3v) is 5.26. The van der Waals surface area contributed by atoms with E-state index in [0.29, 0.717) is 17.5 Å². The Labute approximate surface area is 135 Å². The summed E-state index contributed by atoms with van der Waals surface area (Å²) in [5.41, 5.74) is 1.74. The Morgan fingerprint density at radius 1 is 1.14 bits per heavy atom. The van der Waals surface area contributed by atoms with Crippen LogP contribution in [0.5, 0.6) is 0 Å². The van der Waals surface area contributed by atoms with Crippen molar-refractivity contribution in [3.63, 3.8) is 0 Å². The first kappa shape index (κ1) is 16.8. The molecule has 0 spiro atoms. The van der Waals surface area contributed by atoms with Gasteiger partial charge in [-0.1, -0.05) is 50.9 Å². The van der Waals surface area contributed by atoms with Gasteiger partial charge in [-0.2, -0.15) is 0 Å². The number of benzene rings is 1. The first-order valence-electron chi connectivity index (χ1n) is 8.38. The Morgan fingerprint density at radius 3 is 2.57 bits per heavy atom. The van der Waals surface area contributed by atoms with E-state index in [9.17, 15) is 0 Å². The fraction of sp³-hybridized carbons (Fsp3) is 0.684. The van der Waals surface area contributed by atoms with Crippen LogP contribution < -0.4 is 5.32 Å². The van der Waals surface area contributed by atoms with Crippen LogP contribution in [0, 0.1) is 11.3 Å². The molecular formula is C19H30ClN. The van der Waals surface area contributed by atoms with E-state index < -0.39 is 0 Å². The molecule has 1 aliphatic carbocycles. The van der Waals surface area contributed by atoms with Crippen molar-refractivity contribution in [2.75, 3.05) is 0 Å². The van der Waals surface area contributed by atoms with Crippen LogP contribution in [0.4, 0.5) is 0 Å². The van der Waals surface area contributed by atoms with Crippen molar-refractivity contribution >= 4 is 11.6 Å². The molecule has 118 valence electrons. The van der Waals surface area contributed by atoms with Gasteiger partial charge in [-0.05, 0) is 61.6 Å². The molecule has 0 aliphatic heterocycles. The van der Waals surface area contributed by atoms with Crippen LogP contribution in [0.1, 0.15) is 71.4 Å². The maximum absolute atomic E-state index is 6.10. The molecule has 3 unspecified atom stereocenters. The molecule has 1 fully saturated rings. The van der Waals surface area contributed by atoms with E-state index in [1.807, 2.05) is 12.1 Å². The smallest absolute Gasteiger partial charge is 0.0409 e. The molecule has 1 aromatic rings. The van der Waals surface area contributed by atoms with Crippen molar-refractivity contribution in [1.82, 2.24) is 5.32 Å². The second-order valence-corrected chi connectivity index (χ2v) is 8.15. The molecule has 1 N–H and O–H groups in total. The molecule has 0 heterocycles. The highest BCUT2D eigenvalue weighted by Gasteiger charge is 2.28. The molecule has 2 heteroatoms. The third kappa shape index (κ3) is 5.00. The van der Waals surface area contributed by atoms with Crippen LogP contribution in [-0.2, 0) is 0 Å². The fourth-order valence-electron chi connectivity index (χ4n) is 3.56. The van der Waals surface area contributed by atoms with Crippen molar-refractivity contribution in [3.8, 4) is 0 Å². The number of rotatable bonds is 3. The maximum atomic E-state index is 6.10. The molecule has 0 radical (unpaired) electrons. The van der Waals surface area contributed by atoms with Gasteiger partial charge in [0, 0.05) is 17.1 Å². The predicted octanol–water partition coefficient (Wildman–Crippen LogP) is 5.99. The summed E-state index contributed by atoms with van der Waals surface area (Å²) in [6.07, 6.45) is 6.68. The average molecular weight is 308 g/mol. The Hall–Kier alpha value is -0.530. The largest absolute Gasteiger partial charge is 0.307 e. The SMILES string of the molecule is CC(NC1CCCC(C(C)(C)C)CC1)c1cccc(Cl)c1. The Morgan fingerprint density at radius 2 is 1.90 bits per heavy atom. The molecule has 0 amide bonds. The van der Waals surface area contributed by atoms with Gasteiger partial charge in [0.25, 0.3) is 0 Å². The van der Waals surface area contributed by atoms with E-state index >= 15 is 0 Å². The van der Waals surface area contributed by atoms with Gasteiger partial charge in [0.2, 0.25) is 0 Å². The topological polar surface area (TPSA) is 12.0 Å². The van der Waals surface area contributed by atoms with Gasteiger partial charge >= 0.3 is 0 Å². The van der Waals surface area contributed by atoms with E-state index in [2.05, 4.69) is 45.1 Å². The second-order valence-electron chi connectivity index (χ2n) is 7.71. The van der Waals surface area contributed by atoms with Gasteiger partial charge in [-0.15, -0.1) is 0 Å². The first-order valence-corrected chi connectivity index (χ1v) is 8.75. The summed E-state index contributed by atoms with van der Waals surface area (Å²) in [5, 5.41) is 4.64. The molecule has 1 aliphatic rings. The van der Waals surface area contributed by atoms with Gasteiger partial charge < -0.3 is 5.32 Å². The molecule has 1 nitrogen and oxygen atoms in total. The molecule has 0 aromatic heterocycles. The highest BCUT2D eigenvalue weighted by molar-refractivity contribution is 6.30. The van der Waals surface area contributed by atoms with Crippen LogP contribution in [0.3, 0.4) is 0 Å². The van der Waals surface area contributed by atoms with Crippen molar-refractivity contribution in [2.45, 2.75) is 71.9 Å². The second kappa shape index (κ2) is 7.15. The van der Waals surface area contributed by atoms with E-state index in [1.54, 1.807) is 0 Å². The summed E-state index contributed by atoms with van der Waals surface area (Å²) in [5.74, 6) is 0.866. The maximum Gasteiger partial charge on any atom is 0.0409 e. The van der Waals surface area contributed by atoms with E-state index in [0.717, 1.165) is 10.9 Å². The van der Waals surface area contributed by atoms with Crippen LogP contribution in [0.2, 0.25) is 5.02 Å². The van der Waals surface area contributed by atoms with Crippen molar-refractivity contribution in [3.05, 3.63) is 34.9 Å². The minimum absolute atomic E-state index is 0.375.